The molecule has 0 aliphatic heterocycles. The van der Waals surface area contributed by atoms with Gasteiger partial charge in [0.25, 0.3) is 17.6 Å². The number of carbonyl (C=O) groups excluding carboxylic acids is 3. The van der Waals surface area contributed by atoms with Gasteiger partial charge >= 0.3 is 5.97 Å². The maximum absolute atomic E-state index is 12.2. The Hall–Kier alpha value is -2.94. The number of Topliss-reactive ketones (excluding diaryl/α,β-unsaturated/α-hetero) is 1. The number of nitrogens with two attached hydrogens (primary N) is 1. The Morgan fingerprint density at radius 2 is 2.00 bits per heavy atom. The third-order valence-electron chi connectivity index (χ3n) is 3.63. The molecule has 1 aromatic heterocycles. The summed E-state index contributed by atoms with van der Waals surface area (Å²) >= 11 is 1.35. The van der Waals surface area contributed by atoms with Crippen LogP contribution in [0.4, 0.5) is 0 Å². The first-order valence-electron chi connectivity index (χ1n) is 7.79. The molecule has 0 radical (unpaired) electrons. The van der Waals surface area contributed by atoms with Crippen molar-refractivity contribution >= 4 is 45.0 Å². The molecule has 9 heteroatoms. The molecule has 4 N–H and O–H groups in total. The summed E-state index contributed by atoms with van der Waals surface area (Å²) < 4.78 is 6.21. The second-order valence-corrected chi connectivity index (χ2v) is 6.63. The van der Waals surface area contributed by atoms with Crippen LogP contribution in [0.1, 0.15) is 29.1 Å². The SMILES string of the molecule is CCc1sc2cccc(OCC(=O)N[C@@H](C)C(=O)O)c2c1C(=O)C(N)=O. The third kappa shape index (κ3) is 3.99. The molecule has 0 saturated heterocycles. The standard InChI is InChI=1S/C17H18N2O6S/c1-3-10-14(15(21)16(18)22)13-9(5-4-6-11(13)26-10)25-7-12(20)19-8(2)17(23)24/h4-6,8H,3,7H2,1-2H3,(H2,18,22)(H,19,20)(H,23,24)/t8-/m0/s1. The number of nitrogens with one attached hydrogen (secondary N) is 1. The molecule has 8 nitrogen and oxygen atoms in total. The van der Waals surface area contributed by atoms with Crippen molar-refractivity contribution in [3.63, 3.8) is 0 Å². The minimum Gasteiger partial charge on any atom is -0.483 e. The smallest absolute Gasteiger partial charge is 0.325 e. The lowest BCUT2D eigenvalue weighted by atomic mass is 10.0. The lowest BCUT2D eigenvalue weighted by Crippen LogP contribution is -2.40. The highest BCUT2D eigenvalue weighted by molar-refractivity contribution is 7.19. The van der Waals surface area contributed by atoms with Crippen molar-refractivity contribution in [2.24, 2.45) is 5.73 Å². The van der Waals surface area contributed by atoms with Crippen LogP contribution < -0.4 is 15.8 Å². The summed E-state index contributed by atoms with van der Waals surface area (Å²) in [7, 11) is 0. The zero-order chi connectivity index (χ0) is 19.4. The Labute approximate surface area is 152 Å². The van der Waals surface area contributed by atoms with E-state index in [0.717, 1.165) is 4.70 Å². The maximum atomic E-state index is 12.2. The Balaban J connectivity index is 2.35. The van der Waals surface area contributed by atoms with Gasteiger partial charge < -0.3 is 20.9 Å². The number of carbonyl (C=O) groups is 4. The number of rotatable bonds is 8. The van der Waals surface area contributed by atoms with Gasteiger partial charge in [0.2, 0.25) is 0 Å². The molecule has 2 amide bonds. The van der Waals surface area contributed by atoms with E-state index in [2.05, 4.69) is 5.32 Å². The highest BCUT2D eigenvalue weighted by atomic mass is 32.1. The van der Waals surface area contributed by atoms with Crippen molar-refractivity contribution in [1.82, 2.24) is 5.32 Å². The average molecular weight is 378 g/mol. The van der Waals surface area contributed by atoms with E-state index in [1.54, 1.807) is 18.2 Å². The molecule has 0 saturated carbocycles. The van der Waals surface area contributed by atoms with Gasteiger partial charge in [0.1, 0.15) is 11.8 Å². The van der Waals surface area contributed by atoms with E-state index in [9.17, 15) is 19.2 Å². The van der Waals surface area contributed by atoms with Crippen LogP contribution in [0, 0.1) is 0 Å². The number of benzene rings is 1. The number of amides is 2. The molecule has 0 aliphatic rings. The summed E-state index contributed by atoms with van der Waals surface area (Å²) in [5.41, 5.74) is 5.34. The van der Waals surface area contributed by atoms with E-state index in [1.165, 1.54) is 18.3 Å². The number of fused-ring (bicyclic) bond motifs is 1. The van der Waals surface area contributed by atoms with Gasteiger partial charge in [-0.1, -0.05) is 13.0 Å². The van der Waals surface area contributed by atoms with Crippen LogP contribution in [0.2, 0.25) is 0 Å². The van der Waals surface area contributed by atoms with Crippen molar-refractivity contribution in [2.45, 2.75) is 26.3 Å². The Morgan fingerprint density at radius 1 is 1.31 bits per heavy atom. The Morgan fingerprint density at radius 3 is 2.58 bits per heavy atom. The zero-order valence-electron chi connectivity index (χ0n) is 14.2. The summed E-state index contributed by atoms with van der Waals surface area (Å²) in [6, 6.07) is 3.99. The summed E-state index contributed by atoms with van der Waals surface area (Å²) in [6.45, 7) is 2.75. The Kier molecular flexibility index (Phi) is 5.93. The molecule has 0 unspecified atom stereocenters. The van der Waals surface area contributed by atoms with Crippen LogP contribution in [0.3, 0.4) is 0 Å². The Bertz CT molecular complexity index is 889. The fraction of sp³-hybridized carbons (Fsp3) is 0.294. The van der Waals surface area contributed by atoms with Gasteiger partial charge in [0.15, 0.2) is 6.61 Å². The predicted molar refractivity (Wildman–Crippen MR) is 95.5 cm³/mol. The van der Waals surface area contributed by atoms with Crippen molar-refractivity contribution in [2.75, 3.05) is 6.61 Å². The van der Waals surface area contributed by atoms with Gasteiger partial charge in [-0.05, 0) is 25.5 Å². The third-order valence-corrected chi connectivity index (χ3v) is 4.93. The lowest BCUT2D eigenvalue weighted by molar-refractivity contribution is -0.141. The first-order chi connectivity index (χ1) is 12.3. The second kappa shape index (κ2) is 7.96. The summed E-state index contributed by atoms with van der Waals surface area (Å²) in [6.07, 6.45) is 0.532. The molecule has 2 aromatic rings. The quantitative estimate of drug-likeness (QED) is 0.465. The van der Waals surface area contributed by atoms with E-state index in [0.29, 0.717) is 16.7 Å². The number of primary amides is 1. The lowest BCUT2D eigenvalue weighted by Gasteiger charge is -2.11. The molecule has 0 fully saturated rings. The van der Waals surface area contributed by atoms with E-state index in [4.69, 9.17) is 15.6 Å². The molecule has 0 spiro atoms. The highest BCUT2D eigenvalue weighted by Gasteiger charge is 2.24. The number of carboxylic acid groups (broad SMARTS) is 1. The van der Waals surface area contributed by atoms with Crippen molar-refractivity contribution in [3.8, 4) is 5.75 Å². The van der Waals surface area contributed by atoms with Crippen molar-refractivity contribution in [1.29, 1.82) is 0 Å². The summed E-state index contributed by atoms with van der Waals surface area (Å²) in [4.78, 5) is 46.9. The average Bonchev–Trinajstić information content (AvgIpc) is 2.97. The molecule has 0 bridgehead atoms. The molecular weight excluding hydrogens is 360 g/mol. The van der Waals surface area contributed by atoms with Gasteiger partial charge in [-0.25, -0.2) is 0 Å². The van der Waals surface area contributed by atoms with Crippen LogP contribution in [0.25, 0.3) is 10.1 Å². The number of carboxylic acids is 1. The molecule has 1 aromatic carbocycles. The molecule has 1 heterocycles. The molecule has 26 heavy (non-hydrogen) atoms. The van der Waals surface area contributed by atoms with Crippen LogP contribution in [-0.4, -0.2) is 41.3 Å². The fourth-order valence-electron chi connectivity index (χ4n) is 2.39. The second-order valence-electron chi connectivity index (χ2n) is 5.49. The van der Waals surface area contributed by atoms with Gasteiger partial charge in [-0.2, -0.15) is 0 Å². The van der Waals surface area contributed by atoms with E-state index in [1.807, 2.05) is 6.92 Å². The minimum absolute atomic E-state index is 0.190. The molecular formula is C17H18N2O6S. The van der Waals surface area contributed by atoms with Gasteiger partial charge in [-0.3, -0.25) is 19.2 Å². The number of aliphatic carboxylic acids is 1. The van der Waals surface area contributed by atoms with Crippen LogP contribution in [-0.2, 0) is 20.8 Å². The number of ether oxygens (including phenoxy) is 1. The summed E-state index contributed by atoms with van der Waals surface area (Å²) in [5, 5.41) is 11.5. The first-order valence-corrected chi connectivity index (χ1v) is 8.61. The predicted octanol–water partition coefficient (Wildman–Crippen LogP) is 1.10. The van der Waals surface area contributed by atoms with Crippen LogP contribution >= 0.6 is 11.3 Å². The monoisotopic (exact) mass is 378 g/mol. The molecule has 1 atom stereocenters. The van der Waals surface area contributed by atoms with Crippen molar-refractivity contribution in [3.05, 3.63) is 28.6 Å². The van der Waals surface area contributed by atoms with E-state index in [-0.39, 0.29) is 11.3 Å². The highest BCUT2D eigenvalue weighted by Crippen LogP contribution is 2.38. The summed E-state index contributed by atoms with van der Waals surface area (Å²) in [5.74, 6) is -3.41. The van der Waals surface area contributed by atoms with E-state index >= 15 is 0 Å². The largest absolute Gasteiger partial charge is 0.483 e. The number of ketones is 1. The molecule has 2 rings (SSSR count). The zero-order valence-corrected chi connectivity index (χ0v) is 15.0. The topological polar surface area (TPSA) is 136 Å². The number of hydrogen-bond donors (Lipinski definition) is 3. The number of aryl methyl sites for hydroxylation is 1. The van der Waals surface area contributed by atoms with Crippen molar-refractivity contribution < 1.29 is 29.0 Å². The fourth-order valence-corrected chi connectivity index (χ4v) is 3.54. The number of hydrogen-bond acceptors (Lipinski definition) is 6. The van der Waals surface area contributed by atoms with Gasteiger partial charge in [0, 0.05) is 15.0 Å². The first kappa shape index (κ1) is 19.4. The molecule has 0 aliphatic carbocycles. The maximum Gasteiger partial charge on any atom is 0.325 e. The minimum atomic E-state index is -1.17. The molecule has 138 valence electrons. The normalized spacial score (nSPS) is 11.8. The van der Waals surface area contributed by atoms with Gasteiger partial charge in [0.05, 0.1) is 5.56 Å². The van der Waals surface area contributed by atoms with Crippen LogP contribution in [0.15, 0.2) is 18.2 Å². The van der Waals surface area contributed by atoms with E-state index < -0.39 is 36.2 Å². The van der Waals surface area contributed by atoms with Crippen LogP contribution in [0.5, 0.6) is 5.75 Å². The van der Waals surface area contributed by atoms with Gasteiger partial charge in [-0.15, -0.1) is 11.3 Å². The number of thiophene rings is 1.